The topological polar surface area (TPSA) is 45.9 Å². The Morgan fingerprint density at radius 1 is 1.33 bits per heavy atom. The van der Waals surface area contributed by atoms with Gasteiger partial charge < -0.3 is 4.74 Å². The molecule has 0 amide bonds. The highest BCUT2D eigenvalue weighted by molar-refractivity contribution is 7.99. The van der Waals surface area contributed by atoms with Gasteiger partial charge in [0.1, 0.15) is 16.8 Å². The molecule has 0 unspecified atom stereocenters. The quantitative estimate of drug-likeness (QED) is 0.567. The van der Waals surface area contributed by atoms with E-state index >= 15 is 0 Å². The number of alkyl halides is 3. The molecule has 0 aliphatic carbocycles. The lowest BCUT2D eigenvalue weighted by Gasteiger charge is -2.14. The molecule has 1 aromatic carbocycles. The van der Waals surface area contributed by atoms with Crippen LogP contribution in [0.25, 0.3) is 11.3 Å². The third-order valence-electron chi connectivity index (χ3n) is 3.13. The molecule has 0 saturated heterocycles. The fraction of sp³-hybridized carbons (Fsp3) is 0.176. The Morgan fingerprint density at radius 2 is 2.00 bits per heavy atom. The van der Waals surface area contributed by atoms with Crippen molar-refractivity contribution in [1.29, 1.82) is 5.26 Å². The van der Waals surface area contributed by atoms with Gasteiger partial charge in [-0.15, -0.1) is 18.3 Å². The first kappa shape index (κ1) is 17.9. The maximum absolute atomic E-state index is 13.3. The summed E-state index contributed by atoms with van der Waals surface area (Å²) < 4.78 is 45.0. The van der Waals surface area contributed by atoms with E-state index in [1.54, 1.807) is 36.4 Å². The second-order valence-corrected chi connectivity index (χ2v) is 5.68. The first-order chi connectivity index (χ1) is 11.4. The van der Waals surface area contributed by atoms with Crippen LogP contribution >= 0.6 is 11.8 Å². The number of hydrogen-bond donors (Lipinski definition) is 0. The summed E-state index contributed by atoms with van der Waals surface area (Å²) in [5.74, 6) is 0.940. The van der Waals surface area contributed by atoms with Crippen LogP contribution in [0, 0.1) is 11.3 Å². The Kier molecular flexibility index (Phi) is 5.52. The van der Waals surface area contributed by atoms with Gasteiger partial charge in [0.2, 0.25) is 0 Å². The summed E-state index contributed by atoms with van der Waals surface area (Å²) in [5.41, 5.74) is -0.800. The van der Waals surface area contributed by atoms with E-state index in [0.29, 0.717) is 17.1 Å². The van der Waals surface area contributed by atoms with Gasteiger partial charge in [-0.25, -0.2) is 4.98 Å². The van der Waals surface area contributed by atoms with Crippen LogP contribution in [0.5, 0.6) is 5.75 Å². The monoisotopic (exact) mass is 350 g/mol. The van der Waals surface area contributed by atoms with Gasteiger partial charge in [0.05, 0.1) is 23.9 Å². The smallest absolute Gasteiger partial charge is 0.417 e. The number of rotatable bonds is 5. The maximum atomic E-state index is 13.3. The molecule has 7 heteroatoms. The van der Waals surface area contributed by atoms with Crippen LogP contribution in [0.3, 0.4) is 0 Å². The van der Waals surface area contributed by atoms with Crippen molar-refractivity contribution in [3.63, 3.8) is 0 Å². The third kappa shape index (κ3) is 3.89. The average Bonchev–Trinajstić information content (AvgIpc) is 2.58. The number of methoxy groups -OCH3 is 1. The van der Waals surface area contributed by atoms with Crippen molar-refractivity contribution in [3.05, 3.63) is 54.1 Å². The first-order valence-electron chi connectivity index (χ1n) is 6.81. The number of aromatic nitrogens is 1. The van der Waals surface area contributed by atoms with Crippen LogP contribution in [0.1, 0.15) is 11.1 Å². The lowest BCUT2D eigenvalue weighted by molar-refractivity contribution is -0.138. The SMILES string of the molecule is C=CCSc1nc(-c2ccc(OC)cc2)cc(C(F)(F)F)c1C#N. The molecule has 2 aromatic rings. The number of halogens is 3. The van der Waals surface area contributed by atoms with Crippen molar-refractivity contribution in [3.8, 4) is 23.1 Å². The fourth-order valence-corrected chi connectivity index (χ4v) is 2.74. The van der Waals surface area contributed by atoms with Crippen LogP contribution in [0.4, 0.5) is 13.2 Å². The molecule has 3 nitrogen and oxygen atoms in total. The summed E-state index contributed by atoms with van der Waals surface area (Å²) in [6.45, 7) is 3.53. The van der Waals surface area contributed by atoms with Crippen molar-refractivity contribution < 1.29 is 17.9 Å². The van der Waals surface area contributed by atoms with Gasteiger partial charge in [-0.2, -0.15) is 18.4 Å². The molecule has 0 spiro atoms. The second kappa shape index (κ2) is 7.41. The van der Waals surface area contributed by atoms with E-state index in [0.717, 1.165) is 17.8 Å². The number of nitrogens with zero attached hydrogens (tertiary/aromatic N) is 2. The van der Waals surface area contributed by atoms with Crippen molar-refractivity contribution in [1.82, 2.24) is 4.98 Å². The van der Waals surface area contributed by atoms with E-state index in [9.17, 15) is 13.2 Å². The minimum absolute atomic E-state index is 0.0399. The van der Waals surface area contributed by atoms with Gasteiger partial charge in [0.25, 0.3) is 0 Å². The summed E-state index contributed by atoms with van der Waals surface area (Å²) >= 11 is 1.04. The van der Waals surface area contributed by atoms with Crippen LogP contribution in [-0.2, 0) is 6.18 Å². The van der Waals surface area contributed by atoms with E-state index < -0.39 is 17.3 Å². The van der Waals surface area contributed by atoms with Crippen LogP contribution in [-0.4, -0.2) is 17.8 Å². The molecule has 0 aliphatic heterocycles. The molecule has 24 heavy (non-hydrogen) atoms. The maximum Gasteiger partial charge on any atom is 0.417 e. The molecule has 1 aromatic heterocycles. The molecular weight excluding hydrogens is 337 g/mol. The van der Waals surface area contributed by atoms with E-state index in [2.05, 4.69) is 11.6 Å². The van der Waals surface area contributed by atoms with Gasteiger partial charge in [-0.3, -0.25) is 0 Å². The van der Waals surface area contributed by atoms with E-state index in [4.69, 9.17) is 10.00 Å². The minimum Gasteiger partial charge on any atom is -0.497 e. The highest BCUT2D eigenvalue weighted by Crippen LogP contribution is 2.38. The number of thioether (sulfide) groups is 1. The standard InChI is InChI=1S/C17H13F3N2OS/c1-3-8-24-16-13(10-21)14(17(18,19)20)9-15(22-16)11-4-6-12(23-2)7-5-11/h3-7,9H,1,8H2,2H3. The zero-order valence-corrected chi connectivity index (χ0v) is 13.5. The summed E-state index contributed by atoms with van der Waals surface area (Å²) in [4.78, 5) is 4.23. The first-order valence-corrected chi connectivity index (χ1v) is 7.79. The predicted octanol–water partition coefficient (Wildman–Crippen LogP) is 4.93. The second-order valence-electron chi connectivity index (χ2n) is 4.67. The molecular formula is C17H13F3N2OS. The molecule has 2 rings (SSSR count). The average molecular weight is 350 g/mol. The number of nitriles is 1. The zero-order valence-electron chi connectivity index (χ0n) is 12.7. The molecule has 1 heterocycles. The number of benzene rings is 1. The molecule has 0 N–H and O–H groups in total. The molecule has 124 valence electrons. The third-order valence-corrected chi connectivity index (χ3v) is 4.10. The Bertz CT molecular complexity index is 780. The minimum atomic E-state index is -4.64. The van der Waals surface area contributed by atoms with Crippen LogP contribution < -0.4 is 4.74 Å². The molecule has 0 saturated carbocycles. The zero-order chi connectivity index (χ0) is 17.7. The lowest BCUT2D eigenvalue weighted by Crippen LogP contribution is -2.10. The molecule has 0 aliphatic rings. The van der Waals surface area contributed by atoms with E-state index in [1.807, 2.05) is 0 Å². The van der Waals surface area contributed by atoms with Gasteiger partial charge in [-0.1, -0.05) is 6.08 Å². The molecule has 0 radical (unpaired) electrons. The normalized spacial score (nSPS) is 11.0. The fourth-order valence-electron chi connectivity index (χ4n) is 2.01. The van der Waals surface area contributed by atoms with E-state index in [1.165, 1.54) is 7.11 Å². The van der Waals surface area contributed by atoms with E-state index in [-0.39, 0.29) is 10.7 Å². The van der Waals surface area contributed by atoms with Crippen molar-refractivity contribution in [2.24, 2.45) is 0 Å². The van der Waals surface area contributed by atoms with Crippen LogP contribution in [0.2, 0.25) is 0 Å². The number of ether oxygens (including phenoxy) is 1. The summed E-state index contributed by atoms with van der Waals surface area (Å²) in [6, 6.07) is 9.04. The molecule has 0 fully saturated rings. The predicted molar refractivity (Wildman–Crippen MR) is 86.9 cm³/mol. The summed E-state index contributed by atoms with van der Waals surface area (Å²) in [7, 11) is 1.50. The van der Waals surface area contributed by atoms with Gasteiger partial charge in [0, 0.05) is 11.3 Å². The Hall–Kier alpha value is -2.46. The highest BCUT2D eigenvalue weighted by Gasteiger charge is 2.36. The van der Waals surface area contributed by atoms with Gasteiger partial charge in [0.15, 0.2) is 0 Å². The Labute approximate surface area is 141 Å². The molecule has 0 bridgehead atoms. The Balaban J connectivity index is 2.63. The number of pyridine rings is 1. The largest absolute Gasteiger partial charge is 0.497 e. The van der Waals surface area contributed by atoms with Crippen molar-refractivity contribution in [2.75, 3.05) is 12.9 Å². The van der Waals surface area contributed by atoms with Gasteiger partial charge >= 0.3 is 6.18 Å². The highest BCUT2D eigenvalue weighted by atomic mass is 32.2. The summed E-state index contributed by atoms with van der Waals surface area (Å²) in [6.07, 6.45) is -3.10. The lowest BCUT2D eigenvalue weighted by atomic mass is 10.1. The summed E-state index contributed by atoms with van der Waals surface area (Å²) in [5, 5.41) is 9.19. The van der Waals surface area contributed by atoms with Crippen molar-refractivity contribution >= 4 is 11.8 Å². The molecule has 0 atom stereocenters. The van der Waals surface area contributed by atoms with Crippen molar-refractivity contribution in [2.45, 2.75) is 11.2 Å². The number of hydrogen-bond acceptors (Lipinski definition) is 4. The van der Waals surface area contributed by atoms with Gasteiger partial charge in [-0.05, 0) is 30.3 Å². The Morgan fingerprint density at radius 3 is 2.50 bits per heavy atom. The van der Waals surface area contributed by atoms with Crippen LogP contribution in [0.15, 0.2) is 48.0 Å².